The van der Waals surface area contributed by atoms with E-state index in [0.717, 1.165) is 16.6 Å². The summed E-state index contributed by atoms with van der Waals surface area (Å²) in [5.41, 5.74) is 2.53. The van der Waals surface area contributed by atoms with Crippen molar-refractivity contribution in [2.45, 2.75) is 72.0 Å². The van der Waals surface area contributed by atoms with Crippen molar-refractivity contribution >= 4 is 8.24 Å². The first-order chi connectivity index (χ1) is 6.85. The topological polar surface area (TPSA) is 3.24 Å². The van der Waals surface area contributed by atoms with Crippen molar-refractivity contribution in [2.24, 2.45) is 0 Å². The second-order valence-electron chi connectivity index (χ2n) is 5.52. The van der Waals surface area contributed by atoms with Gasteiger partial charge in [-0.3, -0.25) is 0 Å². The Bertz CT molecular complexity index is 150. The monoisotopic (exact) mass is 229 g/mol. The summed E-state index contributed by atoms with van der Waals surface area (Å²) in [5, 5.41) is 0. The second kappa shape index (κ2) is 6.05. The molecule has 0 aliphatic rings. The van der Waals surface area contributed by atoms with Gasteiger partial charge in [0.25, 0.3) is 0 Å². The molecule has 15 heavy (non-hydrogen) atoms. The Morgan fingerprint density at radius 1 is 0.733 bits per heavy atom. The van der Waals surface area contributed by atoms with Gasteiger partial charge in [0.1, 0.15) is 8.24 Å². The first-order valence-electron chi connectivity index (χ1n) is 6.60. The number of nitrogens with zero attached hydrogens (tertiary/aromatic N) is 1. The Labute approximate surface area is 98.3 Å². The molecule has 0 fully saturated rings. The summed E-state index contributed by atoms with van der Waals surface area (Å²) in [5.74, 6) is 0. The molecule has 0 unspecified atom stereocenters. The van der Waals surface area contributed by atoms with E-state index in [-0.39, 0.29) is 0 Å². The quantitative estimate of drug-likeness (QED) is 0.606. The Balaban J connectivity index is 5.29. The molecule has 0 rings (SSSR count). The number of hydrogen-bond donors (Lipinski definition) is 0. The van der Waals surface area contributed by atoms with Crippen molar-refractivity contribution < 1.29 is 0 Å². The molecule has 0 saturated carbocycles. The molecule has 0 N–H and O–H groups in total. The average Bonchev–Trinajstić information content (AvgIpc) is 2.11. The van der Waals surface area contributed by atoms with Gasteiger partial charge in [-0.05, 0) is 29.7 Å². The summed E-state index contributed by atoms with van der Waals surface area (Å²) >= 11 is 0. The Kier molecular flexibility index (Phi) is 6.12. The van der Waals surface area contributed by atoms with E-state index < -0.39 is 8.24 Å². The fourth-order valence-corrected chi connectivity index (χ4v) is 11.2. The molecule has 0 spiro atoms. The normalized spacial score (nSPS) is 13.6. The minimum absolute atomic E-state index is 0.845. The van der Waals surface area contributed by atoms with Crippen LogP contribution in [0, 0.1) is 0 Å². The molecule has 0 radical (unpaired) electrons. The van der Waals surface area contributed by atoms with Crippen molar-refractivity contribution in [1.29, 1.82) is 0 Å². The molecule has 0 aliphatic carbocycles. The molecule has 92 valence electrons. The molecule has 0 aromatic rings. The van der Waals surface area contributed by atoms with Crippen molar-refractivity contribution in [1.82, 2.24) is 4.57 Å². The van der Waals surface area contributed by atoms with E-state index in [4.69, 9.17) is 0 Å². The zero-order valence-corrected chi connectivity index (χ0v) is 13.1. The van der Waals surface area contributed by atoms with Crippen LogP contribution >= 0.6 is 0 Å². The SMILES string of the molecule is CCN(CC)[Si](C(C)C)(C(C)C)C(C)C. The van der Waals surface area contributed by atoms with Gasteiger partial charge in [-0.25, -0.2) is 0 Å². The lowest BCUT2D eigenvalue weighted by atomic mass is 10.5. The van der Waals surface area contributed by atoms with E-state index in [1.54, 1.807) is 0 Å². The van der Waals surface area contributed by atoms with Gasteiger partial charge in [0.05, 0.1) is 0 Å². The maximum atomic E-state index is 2.80. The van der Waals surface area contributed by atoms with Crippen LogP contribution in [-0.2, 0) is 0 Å². The standard InChI is InChI=1S/C13H31NSi/c1-9-14(10-2)15(11(3)4,12(5)6)13(7)8/h11-13H,9-10H2,1-8H3. The van der Waals surface area contributed by atoms with Crippen LogP contribution in [0.1, 0.15) is 55.4 Å². The maximum absolute atomic E-state index is 2.80. The highest BCUT2D eigenvalue weighted by Gasteiger charge is 2.46. The maximum Gasteiger partial charge on any atom is 0.136 e. The third-order valence-electron chi connectivity index (χ3n) is 4.09. The highest BCUT2D eigenvalue weighted by molar-refractivity contribution is 6.80. The van der Waals surface area contributed by atoms with Crippen LogP contribution in [0.15, 0.2) is 0 Å². The van der Waals surface area contributed by atoms with Gasteiger partial charge in [-0.1, -0.05) is 55.4 Å². The van der Waals surface area contributed by atoms with Crippen LogP contribution in [0.4, 0.5) is 0 Å². The largest absolute Gasteiger partial charge is 0.323 e. The summed E-state index contributed by atoms with van der Waals surface area (Å²) in [6, 6.07) is 0. The van der Waals surface area contributed by atoms with Crippen LogP contribution in [0.25, 0.3) is 0 Å². The van der Waals surface area contributed by atoms with Crippen LogP contribution in [0.5, 0.6) is 0 Å². The number of rotatable bonds is 6. The molecule has 0 bridgehead atoms. The molecule has 0 saturated heterocycles. The van der Waals surface area contributed by atoms with E-state index >= 15 is 0 Å². The van der Waals surface area contributed by atoms with Crippen LogP contribution in [0.2, 0.25) is 16.6 Å². The van der Waals surface area contributed by atoms with E-state index in [1.165, 1.54) is 13.1 Å². The molecular formula is C13H31NSi. The molecular weight excluding hydrogens is 198 g/mol. The van der Waals surface area contributed by atoms with E-state index in [0.29, 0.717) is 0 Å². The minimum Gasteiger partial charge on any atom is -0.323 e. The van der Waals surface area contributed by atoms with Gasteiger partial charge in [0, 0.05) is 0 Å². The Morgan fingerprint density at radius 2 is 1.00 bits per heavy atom. The molecule has 0 amide bonds. The molecule has 0 atom stereocenters. The van der Waals surface area contributed by atoms with Crippen molar-refractivity contribution in [2.75, 3.05) is 13.1 Å². The van der Waals surface area contributed by atoms with Crippen LogP contribution in [0.3, 0.4) is 0 Å². The molecule has 1 nitrogen and oxygen atoms in total. The van der Waals surface area contributed by atoms with Crippen molar-refractivity contribution in [3.8, 4) is 0 Å². The van der Waals surface area contributed by atoms with Gasteiger partial charge in [0.15, 0.2) is 0 Å². The van der Waals surface area contributed by atoms with Gasteiger partial charge in [-0.2, -0.15) is 0 Å². The lowest BCUT2D eigenvalue weighted by Crippen LogP contribution is -2.59. The van der Waals surface area contributed by atoms with Gasteiger partial charge < -0.3 is 4.57 Å². The van der Waals surface area contributed by atoms with Gasteiger partial charge >= 0.3 is 0 Å². The first kappa shape index (κ1) is 15.2. The third-order valence-corrected chi connectivity index (χ3v) is 11.4. The molecule has 0 aromatic carbocycles. The summed E-state index contributed by atoms with van der Waals surface area (Å²) in [4.78, 5) is 0. The molecule has 0 aromatic heterocycles. The summed E-state index contributed by atoms with van der Waals surface area (Å²) in [6.07, 6.45) is 0. The fourth-order valence-electron chi connectivity index (χ4n) is 3.87. The predicted octanol–water partition coefficient (Wildman–Crippen LogP) is 4.50. The molecule has 2 heteroatoms. The van der Waals surface area contributed by atoms with E-state index in [9.17, 15) is 0 Å². The average molecular weight is 229 g/mol. The fraction of sp³-hybridized carbons (Fsp3) is 1.00. The van der Waals surface area contributed by atoms with E-state index in [2.05, 4.69) is 60.0 Å². The molecule has 0 heterocycles. The van der Waals surface area contributed by atoms with E-state index in [1.807, 2.05) is 0 Å². The lowest BCUT2D eigenvalue weighted by molar-refractivity contribution is 0.427. The Hall–Kier alpha value is 0.177. The number of hydrogen-bond acceptors (Lipinski definition) is 1. The van der Waals surface area contributed by atoms with Gasteiger partial charge in [0.2, 0.25) is 0 Å². The second-order valence-corrected chi connectivity index (χ2v) is 11.4. The predicted molar refractivity (Wildman–Crippen MR) is 74.0 cm³/mol. The summed E-state index contributed by atoms with van der Waals surface area (Å²) in [6.45, 7) is 21.7. The van der Waals surface area contributed by atoms with Crippen LogP contribution < -0.4 is 0 Å². The highest BCUT2D eigenvalue weighted by atomic mass is 28.3. The summed E-state index contributed by atoms with van der Waals surface area (Å²) < 4.78 is 2.80. The highest BCUT2D eigenvalue weighted by Crippen LogP contribution is 2.43. The zero-order chi connectivity index (χ0) is 12.2. The van der Waals surface area contributed by atoms with Crippen molar-refractivity contribution in [3.63, 3.8) is 0 Å². The molecule has 0 aliphatic heterocycles. The van der Waals surface area contributed by atoms with Crippen molar-refractivity contribution in [3.05, 3.63) is 0 Å². The smallest absolute Gasteiger partial charge is 0.136 e. The summed E-state index contributed by atoms with van der Waals surface area (Å²) in [7, 11) is -1.32. The third kappa shape index (κ3) is 2.65. The minimum atomic E-state index is -1.32. The zero-order valence-electron chi connectivity index (χ0n) is 12.1. The Morgan fingerprint density at radius 3 is 1.07 bits per heavy atom. The lowest BCUT2D eigenvalue weighted by Gasteiger charge is -2.50. The first-order valence-corrected chi connectivity index (χ1v) is 8.78. The van der Waals surface area contributed by atoms with Gasteiger partial charge in [-0.15, -0.1) is 0 Å². The van der Waals surface area contributed by atoms with Crippen LogP contribution in [-0.4, -0.2) is 25.9 Å².